The van der Waals surface area contributed by atoms with Crippen LogP contribution in [0.25, 0.3) is 0 Å². The highest BCUT2D eigenvalue weighted by Gasteiger charge is 2.10. The van der Waals surface area contributed by atoms with E-state index in [1.807, 2.05) is 6.07 Å². The summed E-state index contributed by atoms with van der Waals surface area (Å²) < 4.78 is 0. The van der Waals surface area contributed by atoms with Crippen molar-refractivity contribution in [3.05, 3.63) is 39.9 Å². The number of rotatable bonds is 6. The molecule has 0 amide bonds. The summed E-state index contributed by atoms with van der Waals surface area (Å²) in [6, 6.07) is 6.84. The minimum absolute atomic E-state index is 0.205. The van der Waals surface area contributed by atoms with Crippen molar-refractivity contribution in [3.63, 3.8) is 0 Å². The minimum Gasteiger partial charge on any atom is -0.258 e. The van der Waals surface area contributed by atoms with Crippen molar-refractivity contribution in [2.75, 3.05) is 6.54 Å². The van der Waals surface area contributed by atoms with E-state index < -0.39 is 0 Å². The molecule has 1 N–H and O–H groups in total. The summed E-state index contributed by atoms with van der Waals surface area (Å²) >= 11 is 5.31. The van der Waals surface area contributed by atoms with E-state index in [2.05, 4.69) is 4.84 Å². The maximum Gasteiger partial charge on any atom is 0.272 e. The number of hydrogen-bond acceptors (Lipinski definition) is 3. The number of aryl methyl sites for hydroxylation is 1. The molecule has 0 bridgehead atoms. The number of benzene rings is 1. The number of nitrogens with one attached hydrogen (secondary N) is 1. The predicted octanol–water partition coefficient (Wildman–Crippen LogP) is 2.66. The van der Waals surface area contributed by atoms with Gasteiger partial charge in [-0.05, 0) is 31.0 Å². The smallest absolute Gasteiger partial charge is 0.258 e. The first kappa shape index (κ1) is 11.9. The van der Waals surface area contributed by atoms with E-state index >= 15 is 0 Å². The second-order valence-corrected chi connectivity index (χ2v) is 3.49. The summed E-state index contributed by atoms with van der Waals surface area (Å²) in [7, 11) is 0. The largest absolute Gasteiger partial charge is 0.272 e. The fourth-order valence-electron chi connectivity index (χ4n) is 1.41. The molecule has 0 radical (unpaired) electrons. The molecule has 4 nitrogen and oxygen atoms in total. The topological polar surface area (TPSA) is 55.2 Å². The van der Waals surface area contributed by atoms with Crippen LogP contribution in [0.2, 0.25) is 0 Å². The number of unbranched alkanes of at least 4 members (excludes halogenated alkanes) is 1. The van der Waals surface area contributed by atoms with Gasteiger partial charge in [-0.3, -0.25) is 10.1 Å². The SMILES string of the molecule is O=[N+]([O-])c1ccccc1CCCCNCl. The van der Waals surface area contributed by atoms with Gasteiger partial charge in [-0.25, -0.2) is 4.84 Å². The molecule has 0 saturated carbocycles. The molecule has 0 saturated heterocycles. The van der Waals surface area contributed by atoms with E-state index in [9.17, 15) is 10.1 Å². The Kier molecular flexibility index (Phi) is 5.07. The average molecular weight is 229 g/mol. The first-order chi connectivity index (χ1) is 7.25. The highest BCUT2D eigenvalue weighted by molar-refractivity contribution is 6.13. The Morgan fingerprint density at radius 3 is 2.73 bits per heavy atom. The van der Waals surface area contributed by atoms with Gasteiger partial charge in [-0.15, -0.1) is 0 Å². The molecule has 15 heavy (non-hydrogen) atoms. The van der Waals surface area contributed by atoms with Crippen LogP contribution in [0, 0.1) is 10.1 Å². The molecule has 0 heterocycles. The number of nitro benzene ring substituents is 1. The van der Waals surface area contributed by atoms with Gasteiger partial charge in [0.15, 0.2) is 0 Å². The summed E-state index contributed by atoms with van der Waals surface area (Å²) in [5.74, 6) is 0. The molecule has 82 valence electrons. The van der Waals surface area contributed by atoms with Crippen molar-refractivity contribution in [2.45, 2.75) is 19.3 Å². The van der Waals surface area contributed by atoms with Gasteiger partial charge in [-0.2, -0.15) is 0 Å². The molecular formula is C10H13ClN2O2. The normalized spacial score (nSPS) is 10.2. The average Bonchev–Trinajstić information content (AvgIpc) is 2.25. The minimum atomic E-state index is -0.338. The number of halogens is 1. The summed E-state index contributed by atoms with van der Waals surface area (Å²) in [6.45, 7) is 0.724. The third-order valence-corrected chi connectivity index (χ3v) is 2.34. The lowest BCUT2D eigenvalue weighted by atomic mass is 10.1. The molecule has 5 heteroatoms. The zero-order valence-corrected chi connectivity index (χ0v) is 9.04. The van der Waals surface area contributed by atoms with Crippen LogP contribution < -0.4 is 4.84 Å². The lowest BCUT2D eigenvalue weighted by Crippen LogP contribution is -2.02. The summed E-state index contributed by atoms with van der Waals surface area (Å²) in [6.07, 6.45) is 2.52. The Morgan fingerprint density at radius 2 is 2.07 bits per heavy atom. The Labute approximate surface area is 93.5 Å². The molecule has 0 fully saturated rings. The molecule has 0 aliphatic carbocycles. The van der Waals surface area contributed by atoms with Gasteiger partial charge in [0.2, 0.25) is 0 Å². The van der Waals surface area contributed by atoms with Crippen LogP contribution in [0.5, 0.6) is 0 Å². The van der Waals surface area contributed by atoms with E-state index in [-0.39, 0.29) is 10.6 Å². The number of nitrogens with zero attached hydrogens (tertiary/aromatic N) is 1. The Morgan fingerprint density at radius 1 is 1.33 bits per heavy atom. The van der Waals surface area contributed by atoms with E-state index in [0.717, 1.165) is 31.4 Å². The molecule has 0 unspecified atom stereocenters. The first-order valence-corrected chi connectivity index (χ1v) is 5.19. The highest BCUT2D eigenvalue weighted by Crippen LogP contribution is 2.19. The van der Waals surface area contributed by atoms with E-state index in [4.69, 9.17) is 11.8 Å². The van der Waals surface area contributed by atoms with Gasteiger partial charge in [-0.1, -0.05) is 18.2 Å². The van der Waals surface area contributed by atoms with E-state index in [1.165, 1.54) is 6.07 Å². The standard InChI is InChI=1S/C10H13ClN2O2/c11-12-8-4-3-6-9-5-1-2-7-10(9)13(14)15/h1-2,5,7,12H,3-4,6,8H2. The van der Waals surface area contributed by atoms with Crippen LogP contribution in [0.15, 0.2) is 24.3 Å². The molecule has 0 aliphatic rings. The van der Waals surface area contributed by atoms with E-state index in [0.29, 0.717) is 0 Å². The molecule has 0 spiro atoms. The van der Waals surface area contributed by atoms with Gasteiger partial charge in [0, 0.05) is 18.2 Å². The van der Waals surface area contributed by atoms with Crippen LogP contribution in [0.1, 0.15) is 18.4 Å². The zero-order chi connectivity index (χ0) is 11.1. The maximum atomic E-state index is 10.7. The lowest BCUT2D eigenvalue weighted by molar-refractivity contribution is -0.385. The first-order valence-electron chi connectivity index (χ1n) is 4.81. The number of para-hydroxylation sites is 1. The van der Waals surface area contributed by atoms with Gasteiger partial charge in [0.05, 0.1) is 4.92 Å². The fraction of sp³-hybridized carbons (Fsp3) is 0.400. The quantitative estimate of drug-likeness (QED) is 0.353. The fourth-order valence-corrected chi connectivity index (χ4v) is 1.54. The Hall–Kier alpha value is -1.13. The van der Waals surface area contributed by atoms with Gasteiger partial charge in [0.25, 0.3) is 5.69 Å². The predicted molar refractivity (Wildman–Crippen MR) is 59.9 cm³/mol. The van der Waals surface area contributed by atoms with Crippen molar-refractivity contribution in [1.29, 1.82) is 0 Å². The Bertz CT molecular complexity index is 331. The molecule has 1 rings (SSSR count). The van der Waals surface area contributed by atoms with Crippen molar-refractivity contribution in [3.8, 4) is 0 Å². The maximum absolute atomic E-state index is 10.7. The highest BCUT2D eigenvalue weighted by atomic mass is 35.5. The van der Waals surface area contributed by atoms with E-state index in [1.54, 1.807) is 12.1 Å². The second-order valence-electron chi connectivity index (χ2n) is 3.23. The molecule has 1 aromatic carbocycles. The summed E-state index contributed by atoms with van der Waals surface area (Å²) in [5.41, 5.74) is 0.994. The molecule has 0 atom stereocenters. The molecule has 0 aromatic heterocycles. The van der Waals surface area contributed by atoms with Crippen molar-refractivity contribution < 1.29 is 4.92 Å². The van der Waals surface area contributed by atoms with Crippen LogP contribution in [0.4, 0.5) is 5.69 Å². The van der Waals surface area contributed by atoms with Crippen molar-refractivity contribution in [1.82, 2.24) is 4.84 Å². The van der Waals surface area contributed by atoms with Gasteiger partial charge < -0.3 is 0 Å². The number of nitro groups is 1. The van der Waals surface area contributed by atoms with Crippen LogP contribution in [0.3, 0.4) is 0 Å². The molecular weight excluding hydrogens is 216 g/mol. The monoisotopic (exact) mass is 228 g/mol. The Balaban J connectivity index is 2.56. The molecule has 1 aromatic rings. The van der Waals surface area contributed by atoms with Crippen molar-refractivity contribution >= 4 is 17.5 Å². The summed E-state index contributed by atoms with van der Waals surface area (Å²) in [5, 5.41) is 10.7. The summed E-state index contributed by atoms with van der Waals surface area (Å²) in [4.78, 5) is 12.9. The third-order valence-electron chi connectivity index (χ3n) is 2.16. The van der Waals surface area contributed by atoms with Crippen LogP contribution >= 0.6 is 11.8 Å². The number of hydrogen-bond donors (Lipinski definition) is 1. The third kappa shape index (κ3) is 3.85. The zero-order valence-electron chi connectivity index (χ0n) is 8.28. The lowest BCUT2D eigenvalue weighted by Gasteiger charge is -2.02. The van der Waals surface area contributed by atoms with Crippen LogP contribution in [-0.4, -0.2) is 11.5 Å². The molecule has 0 aliphatic heterocycles. The second kappa shape index (κ2) is 6.37. The van der Waals surface area contributed by atoms with Gasteiger partial charge in [0.1, 0.15) is 0 Å². The van der Waals surface area contributed by atoms with Crippen molar-refractivity contribution in [2.24, 2.45) is 0 Å². The van der Waals surface area contributed by atoms with Gasteiger partial charge >= 0.3 is 0 Å². The van der Waals surface area contributed by atoms with Crippen LogP contribution in [-0.2, 0) is 6.42 Å².